The summed E-state index contributed by atoms with van der Waals surface area (Å²) in [4.78, 5) is 219. The van der Waals surface area contributed by atoms with E-state index in [2.05, 4.69) is 79.1 Å². The predicted octanol–water partition coefficient (Wildman–Crippen LogP) is 1.01. The summed E-state index contributed by atoms with van der Waals surface area (Å²) in [6.45, 7) is 7.17. The number of halogens is 1. The van der Waals surface area contributed by atoms with Crippen LogP contribution < -0.4 is 80.2 Å². The van der Waals surface area contributed by atoms with Crippen molar-refractivity contribution >= 4 is 122 Å². The second-order valence-corrected chi connectivity index (χ2v) is 30.4. The third kappa shape index (κ3) is 28.0. The molecular weight excluding hydrogens is 1580 g/mol. The molecule has 0 bridgehead atoms. The highest BCUT2D eigenvalue weighted by molar-refractivity contribution is 6.30. The van der Waals surface area contributed by atoms with E-state index >= 15 is 24.0 Å². The number of anilines is 2. The fraction of sp³-hybridized carbons (Fsp3) is 0.376. The number of carbonyl (C=O) groups is 15. The summed E-state index contributed by atoms with van der Waals surface area (Å²) >= 11 is 6.27. The molecule has 7 aromatic rings. The lowest BCUT2D eigenvalue weighted by Gasteiger charge is -2.31. The van der Waals surface area contributed by atoms with Gasteiger partial charge < -0.3 is 90.0 Å². The summed E-state index contributed by atoms with van der Waals surface area (Å²) in [5.41, 5.74) is 8.25. The Morgan fingerprint density at radius 2 is 1.04 bits per heavy atom. The number of amides is 16. The number of likely N-dealkylation sites (tertiary alicyclic amines) is 1. The van der Waals surface area contributed by atoms with Gasteiger partial charge in [0.05, 0.1) is 24.7 Å². The summed E-state index contributed by atoms with van der Waals surface area (Å²) in [5.74, 6) is -12.0. The maximum Gasteiger partial charge on any atom is 0.322 e. The zero-order valence-corrected chi connectivity index (χ0v) is 68.1. The second-order valence-electron chi connectivity index (χ2n) is 30.0. The number of imide groups is 1. The van der Waals surface area contributed by atoms with Crippen molar-refractivity contribution < 1.29 is 82.1 Å². The lowest BCUT2D eigenvalue weighted by Crippen LogP contribution is -2.62. The van der Waals surface area contributed by atoms with E-state index in [4.69, 9.17) is 17.3 Å². The lowest BCUT2D eigenvalue weighted by molar-refractivity contribution is -0.143. The highest BCUT2D eigenvalue weighted by atomic mass is 35.5. The SMILES string of the molecule is CC(=O)N[C@H](Cc1ccc2ccccc2c1)C(=O)N[C@H](Cc1ccc(Cl)cc1)C(=O)N[C@H](Cc1cccnc1)C(=O)N[C@@H](CO)C(=O)N[C@@H](Cc1ccc(NC(=O)C2CC(=O)NC(=O)N2)cc1)C(=O)N[C@H](Cc1ccc(NC(=O)c2cccnc2)cc1)C(=O)N[C@H](C(=O)N[C@@H](CCCCNC(C)C)C(=O)N1CCC[C@H]1C(=O)N[C@H](C)C(N)=O)C(C)O. The van der Waals surface area contributed by atoms with E-state index in [9.17, 15) is 58.2 Å². The van der Waals surface area contributed by atoms with Crippen LogP contribution in [0, 0.1) is 0 Å². The van der Waals surface area contributed by atoms with Crippen molar-refractivity contribution in [2.45, 2.75) is 184 Å². The van der Waals surface area contributed by atoms with Crippen LogP contribution in [0.2, 0.25) is 5.02 Å². The predicted molar refractivity (Wildman–Crippen MR) is 445 cm³/mol. The van der Waals surface area contributed by atoms with Gasteiger partial charge in [-0.25, -0.2) is 4.79 Å². The maximum atomic E-state index is 15.5. The van der Waals surface area contributed by atoms with Crippen molar-refractivity contribution in [1.29, 1.82) is 0 Å². The highest BCUT2D eigenvalue weighted by Crippen LogP contribution is 2.24. The topological polar surface area (TPSA) is 520 Å². The van der Waals surface area contributed by atoms with E-state index in [0.29, 0.717) is 53.1 Å². The van der Waals surface area contributed by atoms with Crippen molar-refractivity contribution in [2.75, 3.05) is 30.3 Å². The zero-order valence-electron chi connectivity index (χ0n) is 67.3. The quantitative estimate of drug-likeness (QED) is 0.0238. The van der Waals surface area contributed by atoms with Gasteiger partial charge in [-0.05, 0) is 146 Å². The van der Waals surface area contributed by atoms with Crippen LogP contribution in [-0.2, 0) is 94.4 Å². The third-order valence-electron chi connectivity index (χ3n) is 20.1. The van der Waals surface area contributed by atoms with Crippen LogP contribution in [0.1, 0.15) is 111 Å². The Morgan fingerprint density at radius 3 is 1.57 bits per heavy atom. The number of nitrogens with one attached hydrogen (secondary N) is 14. The molecule has 2 unspecified atom stereocenters. The second kappa shape index (κ2) is 44.6. The summed E-state index contributed by atoms with van der Waals surface area (Å²) in [5, 5.41) is 61.6. The van der Waals surface area contributed by atoms with Gasteiger partial charge in [0.15, 0.2) is 0 Å². The summed E-state index contributed by atoms with van der Waals surface area (Å²) < 4.78 is 0. The number of aliphatic hydroxyl groups excluding tert-OH is 2. The average molecular weight is 1680 g/mol. The van der Waals surface area contributed by atoms with Gasteiger partial charge in [-0.1, -0.05) is 110 Å². The van der Waals surface area contributed by atoms with Gasteiger partial charge in [0.1, 0.15) is 66.5 Å². The molecule has 35 nitrogen and oxygen atoms in total. The molecule has 16 amide bonds. The molecule has 2 aliphatic rings. The first kappa shape index (κ1) is 91.8. The Morgan fingerprint density at radius 1 is 0.537 bits per heavy atom. The number of rotatable bonds is 41. The van der Waals surface area contributed by atoms with E-state index in [1.54, 1.807) is 48.5 Å². The molecule has 121 heavy (non-hydrogen) atoms. The van der Waals surface area contributed by atoms with E-state index in [1.807, 2.05) is 61.6 Å². The van der Waals surface area contributed by atoms with E-state index in [-0.39, 0.29) is 73.6 Å². The number of pyridine rings is 2. The molecule has 12 atom stereocenters. The first-order valence-corrected chi connectivity index (χ1v) is 40.0. The standard InChI is InChI=1S/C85H101ClN18O17/c1-47(2)90-35-9-8-17-62(84(120)104-36-12-18-70(104)82(118)91-48(3)73(87)109)95-83(119)72(49(4)106)103-80(116)66(40-53-22-29-60(30-23-53)93-74(110)58-16-11-34-89-45-58)97-78(114)65(39-52-24-31-61(32-25-52)94-75(111)68-43-71(108)102-85(121)101-68)99-81(117)69(46-105)100-79(115)67(42-55-13-10-33-88-44-55)98-77(113)64(38-51-20-27-59(86)28-21-51)96-76(112)63(92-50(5)107)41-54-19-26-56-14-6-7-15-57(56)37-54/h6-7,10-11,13-16,19-34,37,44-45,47-49,62-70,72,90,105-106H,8-9,12,17-18,35-36,38-43,46H2,1-5H3,(H2,87,109)(H,91,118)(H,92,107)(H,93,110)(H,94,111)(H,95,119)(H,96,112)(H,97,114)(H,98,113)(H,99,117)(H,100,115)(H,103,116)(H2,101,102,108,121)/t48-,49?,62+,63-,64-,65+,66-,67-,68?,69+,70+,72+/m1/s1. The first-order valence-electron chi connectivity index (χ1n) is 39.6. The molecule has 36 heteroatoms. The number of carbonyl (C=O) groups excluding carboxylic acids is 15. The molecule has 4 heterocycles. The number of primary amides is 1. The van der Waals surface area contributed by atoms with Gasteiger partial charge in [-0.3, -0.25) is 82.4 Å². The van der Waals surface area contributed by atoms with Gasteiger partial charge in [0.25, 0.3) is 5.91 Å². The molecular formula is C85H101ClN18O17. The Labute approximate surface area is 702 Å². The van der Waals surface area contributed by atoms with Crippen LogP contribution in [0.15, 0.2) is 164 Å². The molecule has 0 saturated carbocycles. The molecule has 640 valence electrons. The van der Waals surface area contributed by atoms with Crippen molar-refractivity contribution in [3.63, 3.8) is 0 Å². The van der Waals surface area contributed by atoms with E-state index in [1.165, 1.54) is 99.0 Å². The highest BCUT2D eigenvalue weighted by Gasteiger charge is 2.41. The molecule has 9 rings (SSSR count). The number of aromatic nitrogens is 2. The lowest BCUT2D eigenvalue weighted by atomic mass is 9.99. The summed E-state index contributed by atoms with van der Waals surface area (Å²) in [6, 6.07) is 20.2. The Bertz CT molecular complexity index is 4840. The van der Waals surface area contributed by atoms with Crippen molar-refractivity contribution in [3.8, 4) is 0 Å². The van der Waals surface area contributed by atoms with Crippen molar-refractivity contribution in [1.82, 2.24) is 78.7 Å². The fourth-order valence-corrected chi connectivity index (χ4v) is 13.7. The van der Waals surface area contributed by atoms with Gasteiger partial charge in [0.2, 0.25) is 76.8 Å². The maximum absolute atomic E-state index is 15.5. The van der Waals surface area contributed by atoms with E-state index in [0.717, 1.165) is 10.8 Å². The number of aliphatic hydroxyl groups is 2. The van der Waals surface area contributed by atoms with Crippen LogP contribution in [0.3, 0.4) is 0 Å². The summed E-state index contributed by atoms with van der Waals surface area (Å²) in [7, 11) is 0. The normalized spacial score (nSPS) is 16.2. The van der Waals surface area contributed by atoms with Crippen LogP contribution in [0.25, 0.3) is 10.8 Å². The minimum absolute atomic E-state index is 0.00543. The number of hydrogen-bond acceptors (Lipinski definition) is 20. The summed E-state index contributed by atoms with van der Waals surface area (Å²) in [6.07, 6.45) is 3.69. The van der Waals surface area contributed by atoms with Gasteiger partial charge in [-0.2, -0.15) is 0 Å². The van der Waals surface area contributed by atoms with E-state index < -0.39 is 181 Å². The number of hydrogen-bond donors (Lipinski definition) is 17. The van der Waals surface area contributed by atoms with Gasteiger partial charge in [0, 0.05) is 92.8 Å². The van der Waals surface area contributed by atoms with Crippen LogP contribution >= 0.6 is 11.6 Å². The number of benzene rings is 5. The molecule has 2 aliphatic heterocycles. The van der Waals surface area contributed by atoms with Crippen LogP contribution in [0.5, 0.6) is 0 Å². The molecule has 0 spiro atoms. The minimum Gasteiger partial charge on any atom is -0.394 e. The zero-order chi connectivity index (χ0) is 87.4. The molecule has 2 saturated heterocycles. The molecule has 5 aromatic carbocycles. The Balaban J connectivity index is 1.02. The van der Waals surface area contributed by atoms with Crippen LogP contribution in [-0.4, -0.2) is 212 Å². The Kier molecular flexibility index (Phi) is 33.8. The van der Waals surface area contributed by atoms with Crippen LogP contribution in [0.4, 0.5) is 16.2 Å². The average Bonchev–Trinajstić information content (AvgIpc) is 1.75. The van der Waals surface area contributed by atoms with Crippen molar-refractivity contribution in [2.24, 2.45) is 5.73 Å². The monoisotopic (exact) mass is 1680 g/mol. The molecule has 18 N–H and O–H groups in total. The first-order chi connectivity index (χ1) is 57.9. The smallest absolute Gasteiger partial charge is 0.322 e. The number of nitrogens with two attached hydrogens (primary N) is 1. The van der Waals surface area contributed by atoms with Gasteiger partial charge >= 0.3 is 6.03 Å². The largest absolute Gasteiger partial charge is 0.394 e. The third-order valence-corrected chi connectivity index (χ3v) is 20.3. The molecule has 2 aromatic heterocycles. The number of urea groups is 1. The van der Waals surface area contributed by atoms with Gasteiger partial charge in [-0.15, -0.1) is 0 Å². The number of fused-ring (bicyclic) bond motifs is 1. The Hall–Kier alpha value is -13.1. The number of unbranched alkanes of at least 4 members (excludes halogenated alkanes) is 1. The fourth-order valence-electron chi connectivity index (χ4n) is 13.6. The van der Waals surface area contributed by atoms with Crippen molar-refractivity contribution in [3.05, 3.63) is 203 Å². The molecule has 0 aliphatic carbocycles. The number of nitrogens with zero attached hydrogens (tertiary/aromatic N) is 3. The molecule has 2 fully saturated rings. The molecule has 0 radical (unpaired) electrons. The minimum atomic E-state index is -1.96.